The molecule has 1 aromatic rings. The van der Waals surface area contributed by atoms with Gasteiger partial charge in [0.15, 0.2) is 0 Å². The molecule has 1 heterocycles. The van der Waals surface area contributed by atoms with Gasteiger partial charge in [0.25, 0.3) is 0 Å². The van der Waals surface area contributed by atoms with E-state index in [1.54, 1.807) is 24.3 Å². The van der Waals surface area contributed by atoms with E-state index in [1.165, 1.54) is 6.92 Å². The van der Waals surface area contributed by atoms with Crippen LogP contribution < -0.4 is 69.5 Å². The minimum atomic E-state index is -2.66. The summed E-state index contributed by atoms with van der Waals surface area (Å²) in [5.41, 5.74) is -1.67. The summed E-state index contributed by atoms with van der Waals surface area (Å²) < 4.78 is 25.6. The van der Waals surface area contributed by atoms with E-state index in [2.05, 4.69) is 5.32 Å². The topological polar surface area (TPSA) is 237 Å². The van der Waals surface area contributed by atoms with Crippen LogP contribution in [0.25, 0.3) is 0 Å². The van der Waals surface area contributed by atoms with Crippen LogP contribution in [0.3, 0.4) is 0 Å². The van der Waals surface area contributed by atoms with Crippen molar-refractivity contribution in [2.45, 2.75) is 82.2 Å². The molecule has 1 aliphatic heterocycles. The molecule has 3 rings (SSSR count). The van der Waals surface area contributed by atoms with Gasteiger partial charge < -0.3 is 50.0 Å². The van der Waals surface area contributed by atoms with Gasteiger partial charge in [-0.1, -0.05) is 38.5 Å². The van der Waals surface area contributed by atoms with Crippen LogP contribution in [0.1, 0.15) is 52.0 Å². The Hall–Kier alpha value is -0.140. The summed E-state index contributed by atoms with van der Waals surface area (Å²) in [5.74, 6) is -1.76. The molecule has 2 fully saturated rings. The number of benzene rings is 1. The SMILES string of the molecule is C1COCCN1.CC1(C)CC(=O)CC(=O)C1.CCC(O)(C(=O)[O-])C(O)C(O)C(O)CO.Cc1ccc(S(=O)[O-])cc1.[Na+].[Na+]. The first-order valence-corrected chi connectivity index (χ1v) is 14.1. The van der Waals surface area contributed by atoms with Crippen LogP contribution in [0.15, 0.2) is 29.2 Å². The molecule has 0 radical (unpaired) electrons. The van der Waals surface area contributed by atoms with Gasteiger partial charge in [-0.05, 0) is 42.0 Å². The second-order valence-corrected chi connectivity index (χ2v) is 11.4. The number of aliphatic hydroxyl groups is 5. The number of Topliss-reactive ketones (excluding diaryl/α,β-unsaturated/α-hetero) is 2. The van der Waals surface area contributed by atoms with Crippen LogP contribution in [0.5, 0.6) is 0 Å². The number of aliphatic carboxylic acids is 1. The van der Waals surface area contributed by atoms with E-state index in [-0.39, 0.29) is 82.5 Å². The average Bonchev–Trinajstić information content (AvgIpc) is 2.92. The zero-order valence-corrected chi connectivity index (χ0v) is 30.7. The van der Waals surface area contributed by atoms with Crippen LogP contribution in [-0.2, 0) is 30.2 Å². The predicted octanol–water partition coefficient (Wildman–Crippen LogP) is -7.87. The molecule has 1 aromatic carbocycles. The van der Waals surface area contributed by atoms with Gasteiger partial charge in [-0.2, -0.15) is 0 Å². The molecule has 1 aliphatic carbocycles. The smallest absolute Gasteiger partial charge is 0.768 e. The Kier molecular flexibility index (Phi) is 26.5. The first-order valence-electron chi connectivity index (χ1n) is 13.1. The summed E-state index contributed by atoms with van der Waals surface area (Å²) >= 11 is -2.09. The van der Waals surface area contributed by atoms with Gasteiger partial charge >= 0.3 is 59.1 Å². The van der Waals surface area contributed by atoms with E-state index >= 15 is 0 Å². The summed E-state index contributed by atoms with van der Waals surface area (Å²) in [6.07, 6.45) is -4.96. The number of aryl methyl sites for hydroxylation is 1. The molecule has 1 saturated heterocycles. The molecular formula is C27H43NNa2O12S. The Balaban J connectivity index is -0.000000507. The molecule has 16 heteroatoms. The number of carbonyl (C=O) groups excluding carboxylic acids is 3. The van der Waals surface area contributed by atoms with E-state index < -0.39 is 54.0 Å². The van der Waals surface area contributed by atoms with Gasteiger partial charge in [0, 0.05) is 30.8 Å². The van der Waals surface area contributed by atoms with Crippen molar-refractivity contribution in [3.8, 4) is 0 Å². The fourth-order valence-electron chi connectivity index (χ4n) is 3.72. The molecule has 0 spiro atoms. The van der Waals surface area contributed by atoms with Crippen LogP contribution >= 0.6 is 0 Å². The molecule has 5 atom stereocenters. The summed E-state index contributed by atoms with van der Waals surface area (Å²) in [7, 11) is 0. The normalized spacial score (nSPS) is 19.7. The van der Waals surface area contributed by atoms with Crippen LogP contribution in [0.2, 0.25) is 0 Å². The van der Waals surface area contributed by atoms with E-state index in [1.807, 2.05) is 20.8 Å². The molecule has 43 heavy (non-hydrogen) atoms. The Labute approximate surface area is 299 Å². The van der Waals surface area contributed by atoms with Crippen molar-refractivity contribution in [2.24, 2.45) is 5.41 Å². The molecule has 13 nitrogen and oxygen atoms in total. The third-order valence-electron chi connectivity index (χ3n) is 6.09. The van der Waals surface area contributed by atoms with Crippen molar-refractivity contribution in [1.82, 2.24) is 5.32 Å². The number of nitrogens with one attached hydrogen (secondary N) is 1. The first kappa shape index (κ1) is 47.3. The van der Waals surface area contributed by atoms with Crippen molar-refractivity contribution in [1.29, 1.82) is 0 Å². The minimum absolute atomic E-state index is 0. The predicted molar refractivity (Wildman–Crippen MR) is 145 cm³/mol. The number of hydrogen-bond donors (Lipinski definition) is 6. The van der Waals surface area contributed by atoms with Gasteiger partial charge in [0.2, 0.25) is 0 Å². The van der Waals surface area contributed by atoms with Crippen molar-refractivity contribution in [3.05, 3.63) is 29.8 Å². The molecule has 1 saturated carbocycles. The van der Waals surface area contributed by atoms with Gasteiger partial charge in [0.05, 0.1) is 32.2 Å². The molecule has 2 aliphatic rings. The molecule has 236 valence electrons. The molecule has 0 amide bonds. The van der Waals surface area contributed by atoms with Crippen molar-refractivity contribution >= 4 is 28.6 Å². The number of aliphatic hydroxyl groups excluding tert-OH is 4. The maximum Gasteiger partial charge on any atom is 1.00 e. The maximum atomic E-state index is 10.9. The van der Waals surface area contributed by atoms with Gasteiger partial charge in [-0.3, -0.25) is 13.8 Å². The first-order chi connectivity index (χ1) is 19.0. The fourth-order valence-corrected chi connectivity index (χ4v) is 4.07. The minimum Gasteiger partial charge on any atom is -0.768 e. The zero-order valence-electron chi connectivity index (χ0n) is 25.9. The third kappa shape index (κ3) is 19.2. The number of carboxylic acid groups (broad SMARTS) is 1. The van der Waals surface area contributed by atoms with Crippen molar-refractivity contribution in [3.63, 3.8) is 0 Å². The number of carboxylic acids is 1. The summed E-state index contributed by atoms with van der Waals surface area (Å²) in [6, 6.07) is 6.70. The van der Waals surface area contributed by atoms with Crippen molar-refractivity contribution < 1.29 is 118 Å². The Morgan fingerprint density at radius 1 is 1.07 bits per heavy atom. The van der Waals surface area contributed by atoms with Crippen LogP contribution in [0, 0.1) is 12.3 Å². The Morgan fingerprint density at radius 2 is 1.53 bits per heavy atom. The summed E-state index contributed by atoms with van der Waals surface area (Å²) in [6.45, 7) is 10.1. The quantitative estimate of drug-likeness (QED) is 0.0914. The number of ketones is 2. The zero-order chi connectivity index (χ0) is 31.8. The number of hydrogen-bond acceptors (Lipinski definition) is 13. The molecular weight excluding hydrogens is 608 g/mol. The molecule has 0 bridgehead atoms. The van der Waals surface area contributed by atoms with Crippen molar-refractivity contribution in [2.75, 3.05) is 32.9 Å². The maximum absolute atomic E-state index is 10.9. The summed E-state index contributed by atoms with van der Waals surface area (Å²) in [4.78, 5) is 32.6. The second kappa shape index (κ2) is 24.1. The van der Waals surface area contributed by atoms with Gasteiger partial charge in [-0.15, -0.1) is 0 Å². The largest absolute Gasteiger partial charge is 1.00 e. The Bertz CT molecular complexity index is 950. The molecule has 6 N–H and O–H groups in total. The van der Waals surface area contributed by atoms with Crippen LogP contribution in [-0.4, -0.2) is 109 Å². The van der Waals surface area contributed by atoms with Crippen LogP contribution in [0.4, 0.5) is 0 Å². The van der Waals surface area contributed by atoms with E-state index in [0.29, 0.717) is 17.7 Å². The van der Waals surface area contributed by atoms with E-state index in [0.717, 1.165) is 31.9 Å². The van der Waals surface area contributed by atoms with Gasteiger partial charge in [0.1, 0.15) is 35.5 Å². The number of carbonyl (C=O) groups is 3. The number of rotatable bonds is 7. The standard InChI is InChI=1S/C8H16O7.C8H12O2.C7H8O2S.C4H9NO.2Na/c1-2-8(15,7(13)14)6(12)5(11)4(10)3-9;1-8(2)4-6(9)3-7(10)5-8;1-6-2-4-7(5-3-6)10(8)9;1-3-6-4-2-5-1;;/h4-6,9-12,15H,2-3H2,1H3,(H,13,14);3-5H2,1-2H3;2-5H,1H3,(H,8,9);5H,1-4H2;;/q;;;;2*+1/p-2. The average molecular weight is 652 g/mol. The van der Waals surface area contributed by atoms with E-state index in [9.17, 15) is 43.6 Å². The fraction of sp³-hybridized carbons (Fsp3) is 0.667. The van der Waals surface area contributed by atoms with Gasteiger partial charge in [-0.25, -0.2) is 0 Å². The Morgan fingerprint density at radius 3 is 1.81 bits per heavy atom. The monoisotopic (exact) mass is 651 g/mol. The van der Waals surface area contributed by atoms with E-state index in [4.69, 9.17) is 14.9 Å². The summed E-state index contributed by atoms with van der Waals surface area (Å²) in [5, 5.41) is 59.0. The third-order valence-corrected chi connectivity index (χ3v) is 6.75. The molecule has 0 aromatic heterocycles. The number of morpholine rings is 1. The second-order valence-electron chi connectivity index (χ2n) is 10.4. The number of ether oxygens (including phenoxy) is 1. The molecule has 5 unspecified atom stereocenters.